The van der Waals surface area contributed by atoms with Crippen LogP contribution in [0.2, 0.25) is 0 Å². The number of likely N-dealkylation sites (N-methyl/N-ethyl adjacent to an activating group) is 1. The zero-order valence-electron chi connectivity index (χ0n) is 21.4. The van der Waals surface area contributed by atoms with Crippen molar-refractivity contribution in [3.05, 3.63) is 0 Å². The molecule has 1 aliphatic heterocycles. The second-order valence-electron chi connectivity index (χ2n) is 8.88. The number of carbonyl (C=O) groups excluding carboxylic acids is 4. The van der Waals surface area contributed by atoms with Gasteiger partial charge in [-0.05, 0) is 14.0 Å². The quantitative estimate of drug-likeness (QED) is 0.0934. The highest BCUT2D eigenvalue weighted by atomic mass is 16.4. The molecule has 16 heteroatoms. The van der Waals surface area contributed by atoms with Crippen LogP contribution in [0.1, 0.15) is 26.2 Å². The molecule has 0 aliphatic carbocycles. The van der Waals surface area contributed by atoms with Crippen LogP contribution in [0.3, 0.4) is 0 Å². The second kappa shape index (κ2) is 16.3. The van der Waals surface area contributed by atoms with Gasteiger partial charge < -0.3 is 36.6 Å². The lowest BCUT2D eigenvalue weighted by molar-refractivity contribution is -0.145. The average Bonchev–Trinajstić information content (AvgIpc) is 2.82. The first kappa shape index (κ1) is 32.4. The van der Waals surface area contributed by atoms with E-state index >= 15 is 0 Å². The fraction of sp³-hybridized carbons (Fsp3) is 0.682. The Bertz CT molecular complexity index is 890. The fourth-order valence-electron chi connectivity index (χ4n) is 3.66. The van der Waals surface area contributed by atoms with Crippen molar-refractivity contribution in [2.45, 2.75) is 44.3 Å². The van der Waals surface area contributed by atoms with Crippen LogP contribution in [0.5, 0.6) is 0 Å². The summed E-state index contributed by atoms with van der Waals surface area (Å²) in [5.74, 6) is -6.43. The summed E-state index contributed by atoms with van der Waals surface area (Å²) < 4.78 is 0. The molecule has 38 heavy (non-hydrogen) atoms. The highest BCUT2D eigenvalue weighted by molar-refractivity contribution is 5.92. The van der Waals surface area contributed by atoms with E-state index in [2.05, 4.69) is 21.3 Å². The van der Waals surface area contributed by atoms with Crippen molar-refractivity contribution in [1.29, 1.82) is 0 Å². The molecule has 1 rings (SSSR count). The Balaban J connectivity index is 2.41. The molecular weight excluding hydrogens is 508 g/mol. The van der Waals surface area contributed by atoms with Gasteiger partial charge in [-0.25, -0.2) is 9.59 Å². The largest absolute Gasteiger partial charge is 0.480 e. The first-order valence-electron chi connectivity index (χ1n) is 12.0. The van der Waals surface area contributed by atoms with Gasteiger partial charge in [0.15, 0.2) is 0 Å². The molecule has 3 atom stereocenters. The van der Waals surface area contributed by atoms with E-state index in [-0.39, 0.29) is 18.9 Å². The Labute approximate surface area is 219 Å². The number of hydrogen-bond donors (Lipinski definition) is 7. The second-order valence-corrected chi connectivity index (χ2v) is 8.88. The predicted molar refractivity (Wildman–Crippen MR) is 130 cm³/mol. The number of hydrogen-bond acceptors (Lipinski definition) is 10. The number of ketones is 1. The van der Waals surface area contributed by atoms with Crippen molar-refractivity contribution >= 4 is 41.4 Å². The summed E-state index contributed by atoms with van der Waals surface area (Å²) in [5, 5.41) is 37.0. The molecule has 1 fully saturated rings. The molecule has 7 N–H and O–H groups in total. The number of nitrogens with one attached hydrogen (secondary N) is 4. The summed E-state index contributed by atoms with van der Waals surface area (Å²) in [6.07, 6.45) is -1.35. The van der Waals surface area contributed by atoms with E-state index in [9.17, 15) is 38.7 Å². The Morgan fingerprint density at radius 1 is 0.684 bits per heavy atom. The van der Waals surface area contributed by atoms with Gasteiger partial charge in [0, 0.05) is 45.7 Å². The molecule has 0 aromatic rings. The minimum Gasteiger partial charge on any atom is -0.480 e. The van der Waals surface area contributed by atoms with Crippen molar-refractivity contribution in [3.63, 3.8) is 0 Å². The molecule has 0 aromatic carbocycles. The maximum absolute atomic E-state index is 12.4. The molecule has 0 saturated carbocycles. The van der Waals surface area contributed by atoms with Gasteiger partial charge in [0.25, 0.3) is 0 Å². The van der Waals surface area contributed by atoms with E-state index in [1.807, 2.05) is 4.90 Å². The number of rotatable bonds is 17. The molecule has 0 spiro atoms. The number of carboxylic acids is 3. The van der Waals surface area contributed by atoms with Gasteiger partial charge in [0.05, 0.1) is 19.4 Å². The molecule has 1 aliphatic rings. The van der Waals surface area contributed by atoms with Crippen LogP contribution in [-0.2, 0) is 33.6 Å². The molecule has 0 unspecified atom stereocenters. The third-order valence-electron chi connectivity index (χ3n) is 5.77. The van der Waals surface area contributed by atoms with Crippen LogP contribution in [0.4, 0.5) is 0 Å². The van der Waals surface area contributed by atoms with Crippen molar-refractivity contribution in [3.8, 4) is 0 Å². The summed E-state index contributed by atoms with van der Waals surface area (Å²) in [4.78, 5) is 85.0. The molecule has 0 bridgehead atoms. The Kier molecular flexibility index (Phi) is 13.9. The molecular formula is C22H36N6O10. The van der Waals surface area contributed by atoms with Crippen LogP contribution < -0.4 is 21.3 Å². The minimum atomic E-state index is -1.58. The van der Waals surface area contributed by atoms with Gasteiger partial charge in [0.1, 0.15) is 23.9 Å². The van der Waals surface area contributed by atoms with Crippen LogP contribution >= 0.6 is 0 Å². The summed E-state index contributed by atoms with van der Waals surface area (Å²) >= 11 is 0. The number of Topliss-reactive ketones (excluding diaryl/α,β-unsaturated/α-hetero) is 1. The first-order chi connectivity index (χ1) is 17.8. The van der Waals surface area contributed by atoms with E-state index in [1.165, 1.54) is 7.05 Å². The van der Waals surface area contributed by atoms with Crippen molar-refractivity contribution in [1.82, 2.24) is 31.1 Å². The monoisotopic (exact) mass is 544 g/mol. The molecule has 0 radical (unpaired) electrons. The molecule has 214 valence electrons. The number of carbonyl (C=O) groups is 7. The van der Waals surface area contributed by atoms with Crippen LogP contribution in [-0.4, -0.2) is 138 Å². The standard InChI is InChI=1S/C22H36N6O10/c1-13(29)9-15(21(35)36)25-18(31)11-16(22(37)38)26-19(32)12-28-7-5-27(6-8-28)4-3-24-17(30)10-14(23-2)20(33)34/h14-16,23H,3-12H2,1-2H3,(H,24,30)(H,25,31)(H,26,32)(H,33,34)(H,35,36)(H,37,38)/t14-,15-,16-/m0/s1. The number of carboxylic acid groups (broad SMARTS) is 3. The zero-order chi connectivity index (χ0) is 28.8. The topological polar surface area (TPSA) is 235 Å². The van der Waals surface area contributed by atoms with Crippen LogP contribution in [0, 0.1) is 0 Å². The maximum atomic E-state index is 12.4. The van der Waals surface area contributed by atoms with E-state index in [4.69, 9.17) is 10.2 Å². The van der Waals surface area contributed by atoms with Crippen molar-refractivity contribution in [2.24, 2.45) is 0 Å². The summed E-state index contributed by atoms with van der Waals surface area (Å²) in [6.45, 7) is 4.04. The van der Waals surface area contributed by atoms with E-state index < -0.39 is 66.5 Å². The van der Waals surface area contributed by atoms with Gasteiger partial charge in [0.2, 0.25) is 17.7 Å². The van der Waals surface area contributed by atoms with Gasteiger partial charge in [-0.15, -0.1) is 0 Å². The van der Waals surface area contributed by atoms with Gasteiger partial charge in [-0.2, -0.15) is 0 Å². The Morgan fingerprint density at radius 3 is 1.66 bits per heavy atom. The highest BCUT2D eigenvalue weighted by Crippen LogP contribution is 2.03. The molecule has 3 amide bonds. The first-order valence-corrected chi connectivity index (χ1v) is 12.0. The molecule has 16 nitrogen and oxygen atoms in total. The summed E-state index contributed by atoms with van der Waals surface area (Å²) in [5.41, 5.74) is 0. The van der Waals surface area contributed by atoms with Gasteiger partial charge >= 0.3 is 17.9 Å². The van der Waals surface area contributed by atoms with E-state index in [0.29, 0.717) is 39.3 Å². The van der Waals surface area contributed by atoms with Crippen molar-refractivity contribution in [2.75, 3.05) is 52.9 Å². The van der Waals surface area contributed by atoms with Crippen LogP contribution in [0.25, 0.3) is 0 Å². The third kappa shape index (κ3) is 12.6. The summed E-state index contributed by atoms with van der Waals surface area (Å²) in [6, 6.07) is -4.04. The average molecular weight is 545 g/mol. The van der Waals surface area contributed by atoms with Crippen molar-refractivity contribution < 1.29 is 48.9 Å². The Hall–Kier alpha value is -3.63. The van der Waals surface area contributed by atoms with Gasteiger partial charge in [-0.1, -0.05) is 0 Å². The van der Waals surface area contributed by atoms with Crippen LogP contribution in [0.15, 0.2) is 0 Å². The normalized spacial score (nSPS) is 16.5. The molecule has 1 heterocycles. The minimum absolute atomic E-state index is 0.112. The number of amides is 3. The van der Waals surface area contributed by atoms with Gasteiger partial charge in [-0.3, -0.25) is 33.8 Å². The fourth-order valence-corrected chi connectivity index (χ4v) is 3.66. The summed E-state index contributed by atoms with van der Waals surface area (Å²) in [7, 11) is 1.46. The number of piperazine rings is 1. The SMILES string of the molecule is CN[C@@H](CC(=O)NCCN1CCN(CC(=O)N[C@@H](CC(=O)N[C@@H](CC(C)=O)C(=O)O)C(=O)O)CC1)C(=O)O. The van der Waals surface area contributed by atoms with E-state index in [0.717, 1.165) is 6.92 Å². The lowest BCUT2D eigenvalue weighted by atomic mass is 10.1. The highest BCUT2D eigenvalue weighted by Gasteiger charge is 2.28. The number of aliphatic carboxylic acids is 3. The Morgan fingerprint density at radius 2 is 1.16 bits per heavy atom. The number of nitrogens with zero attached hydrogens (tertiary/aromatic N) is 2. The zero-order valence-corrected chi connectivity index (χ0v) is 21.4. The third-order valence-corrected chi connectivity index (χ3v) is 5.77. The lowest BCUT2D eigenvalue weighted by Gasteiger charge is -2.34. The smallest absolute Gasteiger partial charge is 0.326 e. The van der Waals surface area contributed by atoms with E-state index in [1.54, 1.807) is 4.90 Å². The maximum Gasteiger partial charge on any atom is 0.326 e. The lowest BCUT2D eigenvalue weighted by Crippen LogP contribution is -2.53. The predicted octanol–water partition coefficient (Wildman–Crippen LogP) is -3.71. The molecule has 0 aromatic heterocycles. The molecule has 1 saturated heterocycles.